The number of nitrogens with two attached hydrogens (primary N) is 1. The first kappa shape index (κ1) is 15.5. The molecule has 1 aromatic rings. The van der Waals surface area contributed by atoms with Crippen LogP contribution in [-0.4, -0.2) is 19.1 Å². The molecule has 106 valence electrons. The minimum absolute atomic E-state index is 0.244. The monoisotopic (exact) mass is 264 g/mol. The van der Waals surface area contributed by atoms with E-state index in [-0.39, 0.29) is 11.9 Å². The van der Waals surface area contributed by atoms with Crippen LogP contribution in [0.4, 0.5) is 0 Å². The van der Waals surface area contributed by atoms with E-state index in [9.17, 15) is 4.79 Å². The maximum Gasteiger partial charge on any atom is 0.217 e. The van der Waals surface area contributed by atoms with Crippen molar-refractivity contribution >= 4 is 5.91 Å². The molecule has 0 aliphatic heterocycles. The van der Waals surface area contributed by atoms with E-state index in [2.05, 4.69) is 31.3 Å². The Bertz CT molecular complexity index is 376. The number of carbonyl (C=O) groups is 1. The van der Waals surface area contributed by atoms with Crippen LogP contribution in [-0.2, 0) is 4.79 Å². The molecule has 0 saturated heterocycles. The van der Waals surface area contributed by atoms with Crippen molar-refractivity contribution in [1.29, 1.82) is 0 Å². The Hall–Kier alpha value is -1.55. The average molecular weight is 264 g/mol. The van der Waals surface area contributed by atoms with E-state index in [4.69, 9.17) is 10.5 Å². The summed E-state index contributed by atoms with van der Waals surface area (Å²) < 4.78 is 5.54. The Kier molecular flexibility index (Phi) is 6.97. The molecular weight excluding hydrogens is 240 g/mol. The lowest BCUT2D eigenvalue weighted by molar-refractivity contribution is -0.118. The number of ether oxygens (including phenoxy) is 1. The van der Waals surface area contributed by atoms with Gasteiger partial charge in [-0.25, -0.2) is 0 Å². The summed E-state index contributed by atoms with van der Waals surface area (Å²) in [6.45, 7) is 5.73. The van der Waals surface area contributed by atoms with Crippen LogP contribution in [0.2, 0.25) is 0 Å². The van der Waals surface area contributed by atoms with Crippen molar-refractivity contribution < 1.29 is 9.53 Å². The van der Waals surface area contributed by atoms with Crippen LogP contribution in [0.5, 0.6) is 5.75 Å². The van der Waals surface area contributed by atoms with Gasteiger partial charge in [-0.1, -0.05) is 19.1 Å². The molecule has 0 aliphatic rings. The summed E-state index contributed by atoms with van der Waals surface area (Å²) in [5.41, 5.74) is 6.31. The summed E-state index contributed by atoms with van der Waals surface area (Å²) in [4.78, 5) is 10.6. The largest absolute Gasteiger partial charge is 0.494 e. The number of hydrogen-bond donors (Lipinski definition) is 2. The first-order valence-corrected chi connectivity index (χ1v) is 6.88. The fourth-order valence-electron chi connectivity index (χ4n) is 1.77. The molecule has 0 radical (unpaired) electrons. The summed E-state index contributed by atoms with van der Waals surface area (Å²) in [5, 5.41) is 3.37. The summed E-state index contributed by atoms with van der Waals surface area (Å²) in [6.07, 6.45) is 2.22. The fraction of sp³-hybridized carbons (Fsp3) is 0.533. The molecule has 0 aromatic heterocycles. The van der Waals surface area contributed by atoms with E-state index in [0.717, 1.165) is 31.7 Å². The molecule has 0 fully saturated rings. The van der Waals surface area contributed by atoms with Crippen molar-refractivity contribution in [2.75, 3.05) is 13.2 Å². The van der Waals surface area contributed by atoms with Crippen LogP contribution in [0.1, 0.15) is 44.7 Å². The van der Waals surface area contributed by atoms with Gasteiger partial charge in [-0.2, -0.15) is 0 Å². The summed E-state index contributed by atoms with van der Waals surface area (Å²) >= 11 is 0. The standard InChI is InChI=1S/C15H24N2O2/c1-3-11-19-14-8-6-13(7-9-14)12(2)17-10-4-5-15(16)18/h6-9,12,17H,3-5,10-11H2,1-2H3,(H2,16,18). The third-order valence-electron chi connectivity index (χ3n) is 2.90. The van der Waals surface area contributed by atoms with E-state index >= 15 is 0 Å². The number of benzene rings is 1. The molecule has 19 heavy (non-hydrogen) atoms. The zero-order valence-corrected chi connectivity index (χ0v) is 11.8. The average Bonchev–Trinajstić information content (AvgIpc) is 2.41. The van der Waals surface area contributed by atoms with Crippen molar-refractivity contribution in [3.8, 4) is 5.75 Å². The molecule has 0 aliphatic carbocycles. The smallest absolute Gasteiger partial charge is 0.217 e. The molecule has 1 amide bonds. The van der Waals surface area contributed by atoms with Gasteiger partial charge in [-0.3, -0.25) is 4.79 Å². The van der Waals surface area contributed by atoms with Gasteiger partial charge in [0.05, 0.1) is 6.61 Å². The predicted molar refractivity (Wildman–Crippen MR) is 77.1 cm³/mol. The highest BCUT2D eigenvalue weighted by molar-refractivity contribution is 5.73. The number of carbonyl (C=O) groups excluding carboxylic acids is 1. The van der Waals surface area contributed by atoms with E-state index in [0.29, 0.717) is 6.42 Å². The van der Waals surface area contributed by atoms with Gasteiger partial charge in [0.15, 0.2) is 0 Å². The van der Waals surface area contributed by atoms with E-state index in [1.54, 1.807) is 0 Å². The van der Waals surface area contributed by atoms with Gasteiger partial charge in [0.1, 0.15) is 5.75 Å². The second-order valence-electron chi connectivity index (χ2n) is 4.66. The van der Waals surface area contributed by atoms with Gasteiger partial charge in [-0.15, -0.1) is 0 Å². The molecule has 1 unspecified atom stereocenters. The minimum Gasteiger partial charge on any atom is -0.494 e. The maximum atomic E-state index is 10.6. The first-order valence-electron chi connectivity index (χ1n) is 6.88. The summed E-state index contributed by atoms with van der Waals surface area (Å²) in [7, 11) is 0. The molecule has 4 heteroatoms. The van der Waals surface area contributed by atoms with E-state index < -0.39 is 0 Å². The van der Waals surface area contributed by atoms with Crippen LogP contribution in [0.15, 0.2) is 24.3 Å². The lowest BCUT2D eigenvalue weighted by Crippen LogP contribution is -2.21. The lowest BCUT2D eigenvalue weighted by atomic mass is 10.1. The molecule has 4 nitrogen and oxygen atoms in total. The molecule has 0 bridgehead atoms. The van der Waals surface area contributed by atoms with Crippen molar-refractivity contribution in [2.45, 2.75) is 39.2 Å². The number of primary amides is 1. The molecule has 1 aromatic carbocycles. The van der Waals surface area contributed by atoms with Crippen molar-refractivity contribution in [3.63, 3.8) is 0 Å². The third kappa shape index (κ3) is 6.25. The first-order chi connectivity index (χ1) is 9.13. The molecule has 1 rings (SSSR count). The molecule has 0 heterocycles. The topological polar surface area (TPSA) is 64.3 Å². The fourth-order valence-corrected chi connectivity index (χ4v) is 1.77. The van der Waals surface area contributed by atoms with Crippen LogP contribution >= 0.6 is 0 Å². The van der Waals surface area contributed by atoms with Crippen molar-refractivity contribution in [1.82, 2.24) is 5.32 Å². The summed E-state index contributed by atoms with van der Waals surface area (Å²) in [6, 6.07) is 8.38. The lowest BCUT2D eigenvalue weighted by Gasteiger charge is -2.14. The Balaban J connectivity index is 2.35. The Labute approximate surface area is 115 Å². The predicted octanol–water partition coefficient (Wildman–Crippen LogP) is 2.39. The highest BCUT2D eigenvalue weighted by Crippen LogP contribution is 2.17. The molecule has 3 N–H and O–H groups in total. The van der Waals surface area contributed by atoms with Gasteiger partial charge in [0.2, 0.25) is 5.91 Å². The highest BCUT2D eigenvalue weighted by Gasteiger charge is 2.05. The molecular formula is C15H24N2O2. The maximum absolute atomic E-state index is 10.6. The van der Waals surface area contributed by atoms with E-state index in [1.807, 2.05) is 12.1 Å². The van der Waals surface area contributed by atoms with Gasteiger partial charge in [0.25, 0.3) is 0 Å². The summed E-state index contributed by atoms with van der Waals surface area (Å²) in [5.74, 6) is 0.665. The van der Waals surface area contributed by atoms with Crippen LogP contribution < -0.4 is 15.8 Å². The van der Waals surface area contributed by atoms with Gasteiger partial charge in [0, 0.05) is 12.5 Å². The Morgan fingerprint density at radius 1 is 1.37 bits per heavy atom. The Morgan fingerprint density at radius 2 is 2.05 bits per heavy atom. The third-order valence-corrected chi connectivity index (χ3v) is 2.90. The van der Waals surface area contributed by atoms with Crippen LogP contribution in [0.25, 0.3) is 0 Å². The van der Waals surface area contributed by atoms with Crippen molar-refractivity contribution in [2.24, 2.45) is 5.73 Å². The second-order valence-corrected chi connectivity index (χ2v) is 4.66. The van der Waals surface area contributed by atoms with Crippen LogP contribution in [0.3, 0.4) is 0 Å². The molecule has 1 atom stereocenters. The van der Waals surface area contributed by atoms with Gasteiger partial charge in [-0.05, 0) is 44.0 Å². The number of amides is 1. The van der Waals surface area contributed by atoms with Crippen LogP contribution in [0, 0.1) is 0 Å². The van der Waals surface area contributed by atoms with Gasteiger partial charge >= 0.3 is 0 Å². The number of rotatable bonds is 9. The highest BCUT2D eigenvalue weighted by atomic mass is 16.5. The second kappa shape index (κ2) is 8.53. The molecule has 0 saturated carbocycles. The minimum atomic E-state index is -0.244. The Morgan fingerprint density at radius 3 is 2.63 bits per heavy atom. The van der Waals surface area contributed by atoms with Crippen molar-refractivity contribution in [3.05, 3.63) is 29.8 Å². The zero-order valence-electron chi connectivity index (χ0n) is 11.8. The van der Waals surface area contributed by atoms with Gasteiger partial charge < -0.3 is 15.8 Å². The number of hydrogen-bond acceptors (Lipinski definition) is 3. The zero-order chi connectivity index (χ0) is 14.1. The normalized spacial score (nSPS) is 12.1. The quantitative estimate of drug-likeness (QED) is 0.673. The molecule has 0 spiro atoms. The SMILES string of the molecule is CCCOc1ccc(C(C)NCCCC(N)=O)cc1. The number of nitrogens with one attached hydrogen (secondary N) is 1. The van der Waals surface area contributed by atoms with E-state index in [1.165, 1.54) is 5.56 Å².